The van der Waals surface area contributed by atoms with E-state index in [2.05, 4.69) is 0 Å². The first-order valence-corrected chi connectivity index (χ1v) is 4.38. The van der Waals surface area contributed by atoms with Crippen LogP contribution >= 0.6 is 23.2 Å². The van der Waals surface area contributed by atoms with Crippen LogP contribution in [0.4, 0.5) is 0 Å². The molecule has 0 fully saturated rings. The summed E-state index contributed by atoms with van der Waals surface area (Å²) in [6, 6.07) is 7.03. The molecule has 0 heterocycles. The van der Waals surface area contributed by atoms with Crippen molar-refractivity contribution in [3.63, 3.8) is 0 Å². The van der Waals surface area contributed by atoms with E-state index in [1.165, 1.54) is 7.11 Å². The lowest BCUT2D eigenvalue weighted by Crippen LogP contribution is -1.94. The second kappa shape index (κ2) is 4.36. The van der Waals surface area contributed by atoms with Crippen molar-refractivity contribution in [3.8, 4) is 11.8 Å². The number of benzene rings is 1. The monoisotopic (exact) mass is 215 g/mol. The molecule has 1 aromatic carbocycles. The molecular formula is C9H7Cl2NO. The second-order valence-corrected chi connectivity index (χ2v) is 3.19. The molecule has 0 aliphatic carbocycles. The zero-order chi connectivity index (χ0) is 9.84. The van der Waals surface area contributed by atoms with Crippen LogP contribution in [0.1, 0.15) is 10.9 Å². The Hall–Kier alpha value is -0.910. The normalized spacial score (nSPS) is 11.8. The predicted molar refractivity (Wildman–Crippen MR) is 52.2 cm³/mol. The van der Waals surface area contributed by atoms with Crippen LogP contribution < -0.4 is 4.74 Å². The number of methoxy groups -OCH3 is 1. The Morgan fingerprint density at radius 2 is 2.23 bits per heavy atom. The summed E-state index contributed by atoms with van der Waals surface area (Å²) in [5, 5.41) is 8.31. The molecule has 0 aromatic heterocycles. The first-order chi connectivity index (χ1) is 6.20. The Morgan fingerprint density at radius 3 is 2.77 bits per heavy atom. The van der Waals surface area contributed by atoms with Gasteiger partial charge in [-0.2, -0.15) is 5.26 Å². The van der Waals surface area contributed by atoms with Crippen LogP contribution in [-0.2, 0) is 0 Å². The van der Waals surface area contributed by atoms with Crippen molar-refractivity contribution in [1.29, 1.82) is 5.26 Å². The third-order valence-electron chi connectivity index (χ3n) is 1.60. The summed E-state index contributed by atoms with van der Waals surface area (Å²) in [5.74, 6) is 0.536. The van der Waals surface area contributed by atoms with Gasteiger partial charge in [0.2, 0.25) is 0 Å². The number of halogens is 2. The van der Waals surface area contributed by atoms with Gasteiger partial charge in [-0.05, 0) is 12.1 Å². The highest BCUT2D eigenvalue weighted by Gasteiger charge is 2.15. The number of nitriles is 1. The SMILES string of the molecule is COc1cccc(Cl)c1C(Cl)C#N. The summed E-state index contributed by atoms with van der Waals surface area (Å²) in [6.45, 7) is 0. The molecule has 0 spiro atoms. The molecule has 0 saturated heterocycles. The molecule has 1 aromatic rings. The minimum atomic E-state index is -0.774. The highest BCUT2D eigenvalue weighted by molar-refractivity contribution is 6.33. The maximum atomic E-state index is 8.64. The first kappa shape index (κ1) is 10.2. The van der Waals surface area contributed by atoms with Crippen molar-refractivity contribution in [3.05, 3.63) is 28.8 Å². The van der Waals surface area contributed by atoms with Gasteiger partial charge in [0, 0.05) is 5.56 Å². The third kappa shape index (κ3) is 2.06. The van der Waals surface area contributed by atoms with Crippen LogP contribution in [0, 0.1) is 11.3 Å². The largest absolute Gasteiger partial charge is 0.496 e. The van der Waals surface area contributed by atoms with Crippen molar-refractivity contribution in [1.82, 2.24) is 0 Å². The van der Waals surface area contributed by atoms with Crippen LogP contribution in [0.15, 0.2) is 18.2 Å². The average Bonchev–Trinajstić information content (AvgIpc) is 2.16. The molecule has 0 N–H and O–H groups in total. The molecule has 0 bridgehead atoms. The molecule has 0 saturated carbocycles. The predicted octanol–water partition coefficient (Wildman–Crippen LogP) is 3.15. The minimum absolute atomic E-state index is 0.445. The number of hydrogen-bond donors (Lipinski definition) is 0. The summed E-state index contributed by atoms with van der Waals surface area (Å²) in [6.07, 6.45) is 0. The van der Waals surface area contributed by atoms with E-state index in [1.54, 1.807) is 18.2 Å². The summed E-state index contributed by atoms with van der Waals surface area (Å²) in [7, 11) is 1.51. The maximum Gasteiger partial charge on any atom is 0.150 e. The van der Waals surface area contributed by atoms with Crippen molar-refractivity contribution in [2.75, 3.05) is 7.11 Å². The fourth-order valence-electron chi connectivity index (χ4n) is 1.01. The van der Waals surface area contributed by atoms with E-state index < -0.39 is 5.38 Å². The van der Waals surface area contributed by atoms with Gasteiger partial charge >= 0.3 is 0 Å². The van der Waals surface area contributed by atoms with Gasteiger partial charge in [-0.3, -0.25) is 0 Å². The lowest BCUT2D eigenvalue weighted by molar-refractivity contribution is 0.410. The molecule has 68 valence electrons. The van der Waals surface area contributed by atoms with Crippen LogP contribution in [-0.4, -0.2) is 7.11 Å². The van der Waals surface area contributed by atoms with Crippen LogP contribution in [0.5, 0.6) is 5.75 Å². The fourth-order valence-corrected chi connectivity index (χ4v) is 1.56. The Labute approximate surface area is 86.6 Å². The Morgan fingerprint density at radius 1 is 1.54 bits per heavy atom. The van der Waals surface area contributed by atoms with Gasteiger partial charge in [0.15, 0.2) is 5.38 Å². The minimum Gasteiger partial charge on any atom is -0.496 e. The Bertz CT molecular complexity index is 346. The standard InChI is InChI=1S/C9H7Cl2NO/c1-13-8-4-2-3-6(10)9(8)7(11)5-12/h2-4,7H,1H3. The lowest BCUT2D eigenvalue weighted by Gasteiger charge is -2.09. The number of hydrogen-bond acceptors (Lipinski definition) is 2. The topological polar surface area (TPSA) is 33.0 Å². The highest BCUT2D eigenvalue weighted by Crippen LogP contribution is 2.34. The fraction of sp³-hybridized carbons (Fsp3) is 0.222. The molecule has 2 nitrogen and oxygen atoms in total. The van der Waals surface area contributed by atoms with Gasteiger partial charge in [-0.15, -0.1) is 11.6 Å². The van der Waals surface area contributed by atoms with Crippen molar-refractivity contribution in [2.24, 2.45) is 0 Å². The Balaban J connectivity index is 3.24. The number of alkyl halides is 1. The summed E-state index contributed by atoms with van der Waals surface area (Å²) in [4.78, 5) is 0. The molecule has 1 unspecified atom stereocenters. The van der Waals surface area contributed by atoms with Crippen LogP contribution in [0.25, 0.3) is 0 Å². The zero-order valence-electron chi connectivity index (χ0n) is 6.92. The summed E-state index contributed by atoms with van der Waals surface area (Å²) < 4.78 is 5.03. The van der Waals surface area contributed by atoms with Gasteiger partial charge < -0.3 is 4.74 Å². The van der Waals surface area contributed by atoms with Crippen LogP contribution in [0.2, 0.25) is 5.02 Å². The van der Waals surface area contributed by atoms with Crippen molar-refractivity contribution >= 4 is 23.2 Å². The Kier molecular flexibility index (Phi) is 3.41. The molecule has 4 heteroatoms. The number of ether oxygens (including phenoxy) is 1. The quantitative estimate of drug-likeness (QED) is 0.711. The van der Waals surface area contributed by atoms with Gasteiger partial charge in [0.1, 0.15) is 5.75 Å². The molecule has 0 radical (unpaired) electrons. The van der Waals surface area contributed by atoms with Crippen molar-refractivity contribution in [2.45, 2.75) is 5.38 Å². The molecule has 0 aliphatic heterocycles. The molecule has 1 atom stereocenters. The maximum absolute atomic E-state index is 8.64. The molecule has 0 amide bonds. The van der Waals surface area contributed by atoms with Gasteiger partial charge in [-0.1, -0.05) is 17.7 Å². The first-order valence-electron chi connectivity index (χ1n) is 3.56. The van der Waals surface area contributed by atoms with Gasteiger partial charge in [0.05, 0.1) is 18.2 Å². The van der Waals surface area contributed by atoms with E-state index in [4.69, 9.17) is 33.2 Å². The van der Waals surface area contributed by atoms with Gasteiger partial charge in [0.25, 0.3) is 0 Å². The molecule has 1 rings (SSSR count). The van der Waals surface area contributed by atoms with Gasteiger partial charge in [-0.25, -0.2) is 0 Å². The zero-order valence-corrected chi connectivity index (χ0v) is 8.43. The van der Waals surface area contributed by atoms with E-state index in [0.717, 1.165) is 0 Å². The van der Waals surface area contributed by atoms with Crippen LogP contribution in [0.3, 0.4) is 0 Å². The number of rotatable bonds is 2. The van der Waals surface area contributed by atoms with E-state index in [-0.39, 0.29) is 0 Å². The summed E-state index contributed by atoms with van der Waals surface area (Å²) in [5.41, 5.74) is 0.524. The third-order valence-corrected chi connectivity index (χ3v) is 2.25. The average molecular weight is 216 g/mol. The number of nitrogens with zero attached hydrogens (tertiary/aromatic N) is 1. The van der Waals surface area contributed by atoms with E-state index in [9.17, 15) is 0 Å². The molecule has 0 aliphatic rings. The lowest BCUT2D eigenvalue weighted by atomic mass is 10.1. The van der Waals surface area contributed by atoms with Crippen molar-refractivity contribution < 1.29 is 4.74 Å². The molecular weight excluding hydrogens is 209 g/mol. The summed E-state index contributed by atoms with van der Waals surface area (Å²) >= 11 is 11.6. The van der Waals surface area contributed by atoms with E-state index in [1.807, 2.05) is 6.07 Å². The molecule has 13 heavy (non-hydrogen) atoms. The highest BCUT2D eigenvalue weighted by atomic mass is 35.5. The van der Waals surface area contributed by atoms with E-state index >= 15 is 0 Å². The second-order valence-electron chi connectivity index (χ2n) is 2.35. The smallest absolute Gasteiger partial charge is 0.150 e. The van der Waals surface area contributed by atoms with E-state index in [0.29, 0.717) is 16.3 Å².